The number of benzene rings is 1. The Balaban J connectivity index is 1.68. The van der Waals surface area contributed by atoms with E-state index >= 15 is 0 Å². The molecule has 1 N–H and O–H groups in total. The van der Waals surface area contributed by atoms with Gasteiger partial charge in [-0.1, -0.05) is 12.1 Å². The van der Waals surface area contributed by atoms with Gasteiger partial charge in [0.25, 0.3) is 0 Å². The van der Waals surface area contributed by atoms with Gasteiger partial charge in [-0.15, -0.1) is 0 Å². The van der Waals surface area contributed by atoms with Gasteiger partial charge in [0.05, 0.1) is 6.42 Å². The van der Waals surface area contributed by atoms with E-state index in [9.17, 15) is 14.0 Å². The summed E-state index contributed by atoms with van der Waals surface area (Å²) in [4.78, 5) is 31.9. The lowest BCUT2D eigenvalue weighted by atomic mass is 9.94. The highest BCUT2D eigenvalue weighted by Crippen LogP contribution is 2.25. The van der Waals surface area contributed by atoms with Crippen molar-refractivity contribution < 1.29 is 9.18 Å². The van der Waals surface area contributed by atoms with Gasteiger partial charge in [-0.3, -0.25) is 4.79 Å². The Morgan fingerprint density at radius 3 is 3.04 bits per heavy atom. The van der Waals surface area contributed by atoms with Crippen LogP contribution in [-0.2, 0) is 11.2 Å². The Labute approximate surface area is 133 Å². The summed E-state index contributed by atoms with van der Waals surface area (Å²) in [6, 6.07) is 7.90. The van der Waals surface area contributed by atoms with Gasteiger partial charge in [0, 0.05) is 30.9 Å². The van der Waals surface area contributed by atoms with Gasteiger partial charge in [-0.2, -0.15) is 0 Å². The predicted octanol–water partition coefficient (Wildman–Crippen LogP) is 1.86. The lowest BCUT2D eigenvalue weighted by Crippen LogP contribution is -2.40. The zero-order valence-corrected chi connectivity index (χ0v) is 12.7. The van der Waals surface area contributed by atoms with Crippen molar-refractivity contribution in [1.29, 1.82) is 0 Å². The molecule has 0 saturated carbocycles. The molecule has 1 aliphatic rings. The number of aromatic nitrogens is 2. The molecule has 1 fully saturated rings. The molecule has 23 heavy (non-hydrogen) atoms. The minimum absolute atomic E-state index is 0.0169. The number of aromatic amines is 1. The number of carbonyl (C=O) groups is 1. The molecule has 3 rings (SSSR count). The molecule has 1 aromatic heterocycles. The van der Waals surface area contributed by atoms with Crippen molar-refractivity contribution in [2.45, 2.75) is 25.2 Å². The van der Waals surface area contributed by atoms with E-state index in [-0.39, 0.29) is 29.8 Å². The third kappa shape index (κ3) is 3.83. The molecule has 1 aromatic carbocycles. The van der Waals surface area contributed by atoms with E-state index in [2.05, 4.69) is 9.97 Å². The van der Waals surface area contributed by atoms with Gasteiger partial charge >= 0.3 is 5.69 Å². The van der Waals surface area contributed by atoms with Crippen LogP contribution >= 0.6 is 0 Å². The number of carbonyl (C=O) groups excluding carboxylic acids is 1. The first-order valence-corrected chi connectivity index (χ1v) is 7.69. The number of hydrogen-bond acceptors (Lipinski definition) is 3. The molecule has 1 unspecified atom stereocenters. The second kappa shape index (κ2) is 6.73. The Bertz CT molecular complexity index is 759. The molecular weight excluding hydrogens is 297 g/mol. The number of rotatable bonds is 3. The van der Waals surface area contributed by atoms with Crippen LogP contribution in [-0.4, -0.2) is 33.9 Å². The first kappa shape index (κ1) is 15.4. The molecule has 2 heterocycles. The first-order valence-electron chi connectivity index (χ1n) is 7.69. The van der Waals surface area contributed by atoms with E-state index in [0.29, 0.717) is 18.7 Å². The van der Waals surface area contributed by atoms with Gasteiger partial charge in [0.15, 0.2) is 0 Å². The van der Waals surface area contributed by atoms with Crippen LogP contribution in [0.3, 0.4) is 0 Å². The maximum absolute atomic E-state index is 13.2. The number of piperidine rings is 1. The SMILES string of the molecule is O=C(Cc1cccc(F)c1)N1CCCC(c2ccnc(=O)[nH]2)C1. The number of nitrogens with zero attached hydrogens (tertiary/aromatic N) is 2. The van der Waals surface area contributed by atoms with E-state index in [0.717, 1.165) is 18.5 Å². The Morgan fingerprint density at radius 2 is 2.26 bits per heavy atom. The summed E-state index contributed by atoms with van der Waals surface area (Å²) in [5, 5.41) is 0. The van der Waals surface area contributed by atoms with Crippen LogP contribution in [0, 0.1) is 5.82 Å². The molecule has 0 bridgehead atoms. The maximum atomic E-state index is 13.2. The largest absolute Gasteiger partial charge is 0.345 e. The zero-order chi connectivity index (χ0) is 16.2. The van der Waals surface area contributed by atoms with Crippen molar-refractivity contribution in [3.8, 4) is 0 Å². The van der Waals surface area contributed by atoms with E-state index < -0.39 is 0 Å². The van der Waals surface area contributed by atoms with Crippen LogP contribution in [0.15, 0.2) is 41.3 Å². The number of nitrogens with one attached hydrogen (secondary N) is 1. The highest BCUT2D eigenvalue weighted by Gasteiger charge is 2.25. The van der Waals surface area contributed by atoms with E-state index in [1.807, 2.05) is 0 Å². The van der Waals surface area contributed by atoms with Gasteiger partial charge in [-0.05, 0) is 36.6 Å². The summed E-state index contributed by atoms with van der Waals surface area (Å²) >= 11 is 0. The summed E-state index contributed by atoms with van der Waals surface area (Å²) in [6.45, 7) is 1.26. The molecule has 0 spiro atoms. The van der Waals surface area contributed by atoms with Crippen LogP contribution in [0.5, 0.6) is 0 Å². The van der Waals surface area contributed by atoms with Crippen molar-refractivity contribution in [2.75, 3.05) is 13.1 Å². The first-order chi connectivity index (χ1) is 11.1. The van der Waals surface area contributed by atoms with Crippen LogP contribution in [0.4, 0.5) is 4.39 Å². The Morgan fingerprint density at radius 1 is 1.39 bits per heavy atom. The molecule has 0 aliphatic carbocycles. The minimum atomic E-state index is -0.370. The third-order valence-corrected chi connectivity index (χ3v) is 4.16. The number of H-pyrrole nitrogens is 1. The summed E-state index contributed by atoms with van der Waals surface area (Å²) in [5.74, 6) is -0.242. The molecule has 5 nitrogen and oxygen atoms in total. The molecular formula is C17H18FN3O2. The van der Waals surface area contributed by atoms with Gasteiger partial charge in [0.1, 0.15) is 5.82 Å². The second-order valence-electron chi connectivity index (χ2n) is 5.82. The highest BCUT2D eigenvalue weighted by atomic mass is 19.1. The molecule has 1 saturated heterocycles. The van der Waals surface area contributed by atoms with Crippen molar-refractivity contribution in [3.05, 3.63) is 64.1 Å². The summed E-state index contributed by atoms with van der Waals surface area (Å²) in [6.07, 6.45) is 3.48. The van der Waals surface area contributed by atoms with Gasteiger partial charge in [0.2, 0.25) is 5.91 Å². The highest BCUT2D eigenvalue weighted by molar-refractivity contribution is 5.79. The standard InChI is InChI=1S/C17H18FN3O2/c18-14-5-1-3-12(9-14)10-16(22)21-8-2-4-13(11-21)15-6-7-19-17(23)20-15/h1,3,5-7,9,13H,2,4,8,10-11H2,(H,19,20,23). The monoisotopic (exact) mass is 315 g/mol. The number of likely N-dealkylation sites (tertiary alicyclic amines) is 1. The fourth-order valence-electron chi connectivity index (χ4n) is 3.01. The number of hydrogen-bond donors (Lipinski definition) is 1. The topological polar surface area (TPSA) is 66.1 Å². The van der Waals surface area contributed by atoms with Crippen molar-refractivity contribution >= 4 is 5.91 Å². The normalized spacial score (nSPS) is 18.0. The molecule has 0 radical (unpaired) electrons. The molecule has 120 valence electrons. The van der Waals surface area contributed by atoms with E-state index in [1.165, 1.54) is 18.3 Å². The Kier molecular flexibility index (Phi) is 4.50. The predicted molar refractivity (Wildman–Crippen MR) is 83.5 cm³/mol. The zero-order valence-electron chi connectivity index (χ0n) is 12.7. The van der Waals surface area contributed by atoms with Crippen LogP contribution in [0.1, 0.15) is 30.0 Å². The molecule has 1 atom stereocenters. The number of amides is 1. The van der Waals surface area contributed by atoms with Crippen molar-refractivity contribution in [1.82, 2.24) is 14.9 Å². The molecule has 2 aromatic rings. The molecule has 1 amide bonds. The van der Waals surface area contributed by atoms with Gasteiger partial charge < -0.3 is 9.88 Å². The lowest BCUT2D eigenvalue weighted by Gasteiger charge is -2.32. The second-order valence-corrected chi connectivity index (χ2v) is 5.82. The van der Waals surface area contributed by atoms with Crippen molar-refractivity contribution in [2.24, 2.45) is 0 Å². The molecule has 6 heteroatoms. The van der Waals surface area contributed by atoms with Crippen LogP contribution < -0.4 is 5.69 Å². The maximum Gasteiger partial charge on any atom is 0.345 e. The summed E-state index contributed by atoms with van der Waals surface area (Å²) in [7, 11) is 0. The van der Waals surface area contributed by atoms with Gasteiger partial charge in [-0.25, -0.2) is 14.2 Å². The quantitative estimate of drug-likeness (QED) is 0.940. The Hall–Kier alpha value is -2.50. The smallest absolute Gasteiger partial charge is 0.342 e. The fraction of sp³-hybridized carbons (Fsp3) is 0.353. The fourth-order valence-corrected chi connectivity index (χ4v) is 3.01. The van der Waals surface area contributed by atoms with E-state index in [4.69, 9.17) is 0 Å². The number of halogens is 1. The summed E-state index contributed by atoms with van der Waals surface area (Å²) in [5.41, 5.74) is 1.12. The average Bonchev–Trinajstić information content (AvgIpc) is 2.55. The van der Waals surface area contributed by atoms with E-state index in [1.54, 1.807) is 23.1 Å². The van der Waals surface area contributed by atoms with Crippen LogP contribution in [0.25, 0.3) is 0 Å². The van der Waals surface area contributed by atoms with Crippen LogP contribution in [0.2, 0.25) is 0 Å². The van der Waals surface area contributed by atoms with Crippen molar-refractivity contribution in [3.63, 3.8) is 0 Å². The summed E-state index contributed by atoms with van der Waals surface area (Å²) < 4.78 is 13.2. The minimum Gasteiger partial charge on any atom is -0.342 e. The third-order valence-electron chi connectivity index (χ3n) is 4.16. The average molecular weight is 315 g/mol. The lowest BCUT2D eigenvalue weighted by molar-refractivity contribution is -0.131. The molecule has 1 aliphatic heterocycles.